The molecule has 1 aromatic carbocycles. The molecule has 1 fully saturated rings. The van der Waals surface area contributed by atoms with Crippen LogP contribution in [0.25, 0.3) is 0 Å². The highest BCUT2D eigenvalue weighted by atomic mass is 16.3. The van der Waals surface area contributed by atoms with E-state index in [1.807, 2.05) is 12.1 Å². The summed E-state index contributed by atoms with van der Waals surface area (Å²) in [4.78, 5) is 14.4. The van der Waals surface area contributed by atoms with Crippen molar-refractivity contribution in [1.82, 2.24) is 15.5 Å². The molecule has 0 radical (unpaired) electrons. The van der Waals surface area contributed by atoms with Gasteiger partial charge in [-0.15, -0.1) is 0 Å². The molecule has 1 aliphatic heterocycles. The van der Waals surface area contributed by atoms with E-state index in [9.17, 15) is 9.90 Å². The predicted octanol–water partition coefficient (Wildman–Crippen LogP) is 0.866. The molecular formula is C17H27N3O2. The molecule has 2 rings (SSSR count). The van der Waals surface area contributed by atoms with Gasteiger partial charge in [0.1, 0.15) is 0 Å². The second kappa shape index (κ2) is 7.72. The molecule has 5 nitrogen and oxygen atoms in total. The molecule has 1 aliphatic rings. The summed E-state index contributed by atoms with van der Waals surface area (Å²) in [5.41, 5.74) is 2.38. The number of hydrogen-bond donors (Lipinski definition) is 3. The number of benzene rings is 1. The predicted molar refractivity (Wildman–Crippen MR) is 87.3 cm³/mol. The first-order valence-electron chi connectivity index (χ1n) is 7.93. The number of carbonyl (C=O) groups excluding carboxylic acids is 1. The van der Waals surface area contributed by atoms with Crippen LogP contribution in [0.2, 0.25) is 0 Å². The van der Waals surface area contributed by atoms with Crippen LogP contribution in [0.4, 0.5) is 0 Å². The molecule has 3 N–H and O–H groups in total. The largest absolute Gasteiger partial charge is 0.392 e. The van der Waals surface area contributed by atoms with Gasteiger partial charge in [-0.1, -0.05) is 24.3 Å². The second-order valence-electron chi connectivity index (χ2n) is 6.35. The van der Waals surface area contributed by atoms with E-state index in [1.54, 1.807) is 0 Å². The maximum Gasteiger partial charge on any atom is 0.237 e. The maximum absolute atomic E-state index is 12.1. The van der Waals surface area contributed by atoms with Crippen molar-refractivity contribution in [2.75, 3.05) is 13.6 Å². The first kappa shape index (κ1) is 16.9. The van der Waals surface area contributed by atoms with E-state index in [2.05, 4.69) is 48.6 Å². The summed E-state index contributed by atoms with van der Waals surface area (Å²) in [6.07, 6.45) is 0.0755. The van der Waals surface area contributed by atoms with Crippen molar-refractivity contribution in [2.24, 2.45) is 0 Å². The minimum absolute atomic E-state index is 0.0384. The third-order valence-electron chi connectivity index (χ3n) is 4.30. The Bertz CT molecular complexity index is 504. The molecule has 1 saturated heterocycles. The summed E-state index contributed by atoms with van der Waals surface area (Å²) in [5, 5.41) is 15.5. The molecule has 1 heterocycles. The van der Waals surface area contributed by atoms with Crippen LogP contribution in [0.5, 0.6) is 0 Å². The SMILES string of the molecule is CC(C)N(C)Cc1ccccc1CNC(=O)C1CC(O)CN1. The topological polar surface area (TPSA) is 64.6 Å². The molecule has 0 saturated carbocycles. The average molecular weight is 305 g/mol. The lowest BCUT2D eigenvalue weighted by molar-refractivity contribution is -0.123. The molecule has 0 aliphatic carbocycles. The lowest BCUT2D eigenvalue weighted by atomic mass is 10.1. The van der Waals surface area contributed by atoms with E-state index in [0.29, 0.717) is 25.6 Å². The Morgan fingerprint density at radius 2 is 2.09 bits per heavy atom. The van der Waals surface area contributed by atoms with Crippen molar-refractivity contribution in [1.29, 1.82) is 0 Å². The Kier molecular flexibility index (Phi) is 5.94. The van der Waals surface area contributed by atoms with Crippen LogP contribution >= 0.6 is 0 Å². The summed E-state index contributed by atoms with van der Waals surface area (Å²) in [6.45, 7) is 6.22. The van der Waals surface area contributed by atoms with Gasteiger partial charge < -0.3 is 15.7 Å². The summed E-state index contributed by atoms with van der Waals surface area (Å²) >= 11 is 0. The first-order valence-corrected chi connectivity index (χ1v) is 7.93. The van der Waals surface area contributed by atoms with E-state index in [1.165, 1.54) is 5.56 Å². The summed E-state index contributed by atoms with van der Waals surface area (Å²) < 4.78 is 0. The van der Waals surface area contributed by atoms with Crippen LogP contribution < -0.4 is 10.6 Å². The lowest BCUT2D eigenvalue weighted by Gasteiger charge is -2.22. The summed E-state index contributed by atoms with van der Waals surface area (Å²) in [7, 11) is 2.10. The number of carbonyl (C=O) groups is 1. The Balaban J connectivity index is 1.93. The number of aliphatic hydroxyl groups excluding tert-OH is 1. The molecule has 5 heteroatoms. The fourth-order valence-corrected chi connectivity index (χ4v) is 2.56. The summed E-state index contributed by atoms with van der Waals surface area (Å²) in [5.74, 6) is -0.0384. The number of hydrogen-bond acceptors (Lipinski definition) is 4. The fourth-order valence-electron chi connectivity index (χ4n) is 2.56. The van der Waals surface area contributed by atoms with Gasteiger partial charge in [-0.3, -0.25) is 9.69 Å². The highest BCUT2D eigenvalue weighted by Gasteiger charge is 2.27. The third-order valence-corrected chi connectivity index (χ3v) is 4.30. The van der Waals surface area contributed by atoms with Crippen molar-refractivity contribution >= 4 is 5.91 Å². The molecular weight excluding hydrogens is 278 g/mol. The van der Waals surface area contributed by atoms with E-state index in [4.69, 9.17) is 0 Å². The number of nitrogens with zero attached hydrogens (tertiary/aromatic N) is 1. The lowest BCUT2D eigenvalue weighted by Crippen LogP contribution is -2.40. The first-order chi connectivity index (χ1) is 10.5. The van der Waals surface area contributed by atoms with E-state index in [-0.39, 0.29) is 11.9 Å². The molecule has 2 atom stereocenters. The Hall–Kier alpha value is -1.43. The standard InChI is InChI=1S/C17H27N3O2/c1-12(2)20(3)11-14-7-5-4-6-13(14)9-19-17(22)16-8-15(21)10-18-16/h4-7,12,15-16,18,21H,8-11H2,1-3H3,(H,19,22). The zero-order chi connectivity index (χ0) is 16.1. The van der Waals surface area contributed by atoms with Crippen LogP contribution in [-0.4, -0.2) is 47.7 Å². The second-order valence-corrected chi connectivity index (χ2v) is 6.35. The smallest absolute Gasteiger partial charge is 0.237 e. The molecule has 0 bridgehead atoms. The number of β-amino-alcohol motifs (C(OH)–C–C–N with tert-alkyl or cyclic N) is 1. The summed E-state index contributed by atoms with van der Waals surface area (Å²) in [6, 6.07) is 8.40. The van der Waals surface area contributed by atoms with Crippen molar-refractivity contribution in [3.63, 3.8) is 0 Å². The molecule has 1 amide bonds. The minimum Gasteiger partial charge on any atom is -0.392 e. The van der Waals surface area contributed by atoms with Gasteiger partial charge in [-0.25, -0.2) is 0 Å². The number of amides is 1. The zero-order valence-corrected chi connectivity index (χ0v) is 13.7. The number of rotatable bonds is 6. The highest BCUT2D eigenvalue weighted by molar-refractivity contribution is 5.82. The normalized spacial score (nSPS) is 21.5. The Labute approximate surface area is 132 Å². The number of aliphatic hydroxyl groups is 1. The van der Waals surface area contributed by atoms with Crippen molar-refractivity contribution in [3.05, 3.63) is 35.4 Å². The van der Waals surface area contributed by atoms with Crippen LogP contribution in [-0.2, 0) is 17.9 Å². The molecule has 0 spiro atoms. The minimum atomic E-state index is -0.414. The monoisotopic (exact) mass is 305 g/mol. The maximum atomic E-state index is 12.1. The molecule has 1 aromatic rings. The van der Waals surface area contributed by atoms with Gasteiger partial charge in [-0.2, -0.15) is 0 Å². The van der Waals surface area contributed by atoms with Crippen molar-refractivity contribution < 1.29 is 9.90 Å². The molecule has 122 valence electrons. The number of nitrogens with one attached hydrogen (secondary N) is 2. The van der Waals surface area contributed by atoms with Gasteiger partial charge in [0.2, 0.25) is 5.91 Å². The van der Waals surface area contributed by atoms with Gasteiger partial charge in [0, 0.05) is 25.7 Å². The third kappa shape index (κ3) is 4.53. The van der Waals surface area contributed by atoms with E-state index >= 15 is 0 Å². The van der Waals surface area contributed by atoms with Gasteiger partial charge in [0.05, 0.1) is 12.1 Å². The Morgan fingerprint density at radius 3 is 2.68 bits per heavy atom. The van der Waals surface area contributed by atoms with Crippen molar-refractivity contribution in [2.45, 2.75) is 51.5 Å². The van der Waals surface area contributed by atoms with Crippen LogP contribution in [0.1, 0.15) is 31.4 Å². The van der Waals surface area contributed by atoms with Crippen molar-refractivity contribution in [3.8, 4) is 0 Å². The van der Waals surface area contributed by atoms with Gasteiger partial charge >= 0.3 is 0 Å². The van der Waals surface area contributed by atoms with E-state index in [0.717, 1.165) is 12.1 Å². The zero-order valence-electron chi connectivity index (χ0n) is 13.7. The quantitative estimate of drug-likeness (QED) is 0.729. The molecule has 2 unspecified atom stereocenters. The molecule has 22 heavy (non-hydrogen) atoms. The Morgan fingerprint density at radius 1 is 1.41 bits per heavy atom. The van der Waals surface area contributed by atoms with E-state index < -0.39 is 6.10 Å². The van der Waals surface area contributed by atoms with Gasteiger partial charge in [0.15, 0.2) is 0 Å². The molecule has 0 aromatic heterocycles. The van der Waals surface area contributed by atoms with Gasteiger partial charge in [-0.05, 0) is 38.4 Å². The van der Waals surface area contributed by atoms with Crippen LogP contribution in [0.3, 0.4) is 0 Å². The fraction of sp³-hybridized carbons (Fsp3) is 0.588. The van der Waals surface area contributed by atoms with Crippen LogP contribution in [0, 0.1) is 0 Å². The van der Waals surface area contributed by atoms with Crippen LogP contribution in [0.15, 0.2) is 24.3 Å². The van der Waals surface area contributed by atoms with Gasteiger partial charge in [0.25, 0.3) is 0 Å². The average Bonchev–Trinajstić information content (AvgIpc) is 2.92. The highest BCUT2D eigenvalue weighted by Crippen LogP contribution is 2.13.